The third-order valence-corrected chi connectivity index (χ3v) is 2.59. The van der Waals surface area contributed by atoms with Crippen LogP contribution >= 0.6 is 35.2 Å². The lowest BCUT2D eigenvalue weighted by Gasteiger charge is -2.11. The molecule has 0 fully saturated rings. The molecule has 0 heterocycles. The van der Waals surface area contributed by atoms with Gasteiger partial charge in [0.15, 0.2) is 0 Å². The molecule has 0 unspecified atom stereocenters. The first-order valence-electron chi connectivity index (χ1n) is 3.36. The zero-order chi connectivity index (χ0) is 10.9. The normalized spacial score (nSPS) is 11.1. The van der Waals surface area contributed by atoms with Crippen molar-refractivity contribution < 1.29 is 13.2 Å². The fourth-order valence-corrected chi connectivity index (χ4v) is 2.41. The highest BCUT2D eigenvalue weighted by molar-refractivity contribution is 14.1. The van der Waals surface area contributed by atoms with E-state index in [2.05, 4.69) is 12.6 Å². The number of alkyl halides is 3. The van der Waals surface area contributed by atoms with Crippen LogP contribution < -0.4 is 0 Å². The molecular weight excluding hydrogens is 326 g/mol. The number of hydrogen-bond donors (Lipinski definition) is 1. The van der Waals surface area contributed by atoms with Crippen LogP contribution in [0.4, 0.5) is 13.2 Å². The van der Waals surface area contributed by atoms with Gasteiger partial charge in [0.25, 0.3) is 0 Å². The van der Waals surface area contributed by atoms with Gasteiger partial charge >= 0.3 is 6.18 Å². The van der Waals surface area contributed by atoms with Crippen molar-refractivity contribution in [2.24, 2.45) is 0 Å². The first-order valence-corrected chi connectivity index (χ1v) is 4.88. The van der Waals surface area contributed by atoms with Crippen molar-refractivity contribution in [2.45, 2.75) is 11.1 Å². The molecule has 0 aliphatic rings. The fraction of sp³-hybridized carbons (Fsp3) is 0.125. The second-order valence-electron chi connectivity index (χ2n) is 2.46. The van der Waals surface area contributed by atoms with E-state index in [9.17, 15) is 13.2 Å². The second kappa shape index (κ2) is 3.98. The Bertz CT molecular complexity index is 408. The standard InChI is InChI=1S/C8H3F3INS/c9-8(10,11)7-4(3-13)1-5(14)2-6(7)12/h1-2,14H. The Morgan fingerprint density at radius 1 is 1.36 bits per heavy atom. The molecule has 0 amide bonds. The van der Waals surface area contributed by atoms with Gasteiger partial charge in [0.05, 0.1) is 17.2 Å². The van der Waals surface area contributed by atoms with Crippen molar-refractivity contribution in [2.75, 3.05) is 0 Å². The van der Waals surface area contributed by atoms with E-state index in [0.29, 0.717) is 4.90 Å². The van der Waals surface area contributed by atoms with E-state index >= 15 is 0 Å². The molecule has 0 saturated heterocycles. The summed E-state index contributed by atoms with van der Waals surface area (Å²) in [4.78, 5) is 0.346. The topological polar surface area (TPSA) is 23.8 Å². The molecule has 0 aromatic heterocycles. The van der Waals surface area contributed by atoms with E-state index < -0.39 is 17.3 Å². The van der Waals surface area contributed by atoms with E-state index in [1.807, 2.05) is 0 Å². The number of rotatable bonds is 0. The predicted octanol–water partition coefficient (Wildman–Crippen LogP) is 3.47. The molecule has 1 rings (SSSR count). The summed E-state index contributed by atoms with van der Waals surface area (Å²) in [5.41, 5.74) is -1.28. The van der Waals surface area contributed by atoms with Crippen molar-refractivity contribution >= 4 is 35.2 Å². The van der Waals surface area contributed by atoms with Crippen LogP contribution in [0.1, 0.15) is 11.1 Å². The molecule has 1 nitrogen and oxygen atoms in total. The zero-order valence-electron chi connectivity index (χ0n) is 6.56. The Kier molecular flexibility index (Phi) is 3.32. The molecule has 74 valence electrons. The van der Waals surface area contributed by atoms with Gasteiger partial charge in [-0.3, -0.25) is 0 Å². The molecule has 1 aromatic carbocycles. The second-order valence-corrected chi connectivity index (χ2v) is 4.14. The molecule has 0 spiro atoms. The molecule has 0 saturated carbocycles. The Balaban J connectivity index is 3.51. The minimum Gasteiger partial charge on any atom is -0.192 e. The van der Waals surface area contributed by atoms with Crippen LogP contribution in [0.3, 0.4) is 0 Å². The van der Waals surface area contributed by atoms with Crippen molar-refractivity contribution in [3.8, 4) is 6.07 Å². The smallest absolute Gasteiger partial charge is 0.192 e. The molecular formula is C8H3F3INS. The largest absolute Gasteiger partial charge is 0.418 e. The van der Waals surface area contributed by atoms with Gasteiger partial charge in [-0.2, -0.15) is 18.4 Å². The maximum atomic E-state index is 12.4. The lowest BCUT2D eigenvalue weighted by Crippen LogP contribution is -2.10. The molecule has 0 radical (unpaired) electrons. The van der Waals surface area contributed by atoms with Crippen LogP contribution in [0.2, 0.25) is 0 Å². The highest BCUT2D eigenvalue weighted by atomic mass is 127. The van der Waals surface area contributed by atoms with Crippen molar-refractivity contribution in [3.63, 3.8) is 0 Å². The molecule has 0 bridgehead atoms. The van der Waals surface area contributed by atoms with Crippen LogP contribution in [-0.2, 0) is 6.18 Å². The summed E-state index contributed by atoms with van der Waals surface area (Å²) in [6.45, 7) is 0. The zero-order valence-corrected chi connectivity index (χ0v) is 9.61. The maximum absolute atomic E-state index is 12.4. The van der Waals surface area contributed by atoms with E-state index in [1.54, 1.807) is 22.6 Å². The Hall–Kier alpha value is -0.420. The number of benzene rings is 1. The van der Waals surface area contributed by atoms with Crippen molar-refractivity contribution in [1.82, 2.24) is 0 Å². The summed E-state index contributed by atoms with van der Waals surface area (Å²) in [6.07, 6.45) is -4.50. The van der Waals surface area contributed by atoms with Gasteiger partial charge in [-0.1, -0.05) is 0 Å². The monoisotopic (exact) mass is 329 g/mol. The average Bonchev–Trinajstić information content (AvgIpc) is 1.99. The Morgan fingerprint density at radius 2 is 1.93 bits per heavy atom. The van der Waals surface area contributed by atoms with Crippen LogP contribution in [0, 0.1) is 14.9 Å². The Labute approximate surface area is 97.5 Å². The minimum atomic E-state index is -4.50. The van der Waals surface area contributed by atoms with Crippen molar-refractivity contribution in [3.05, 3.63) is 26.8 Å². The minimum absolute atomic E-state index is 0.0147. The fourth-order valence-electron chi connectivity index (χ4n) is 0.969. The van der Waals surface area contributed by atoms with Gasteiger partial charge in [-0.25, -0.2) is 0 Å². The average molecular weight is 329 g/mol. The first-order chi connectivity index (χ1) is 6.36. The summed E-state index contributed by atoms with van der Waals surface area (Å²) >= 11 is 5.44. The van der Waals surface area contributed by atoms with Gasteiger partial charge in [-0.15, -0.1) is 12.6 Å². The quantitative estimate of drug-likeness (QED) is 0.572. The third kappa shape index (κ3) is 2.33. The van der Waals surface area contributed by atoms with Gasteiger partial charge < -0.3 is 0 Å². The van der Waals surface area contributed by atoms with E-state index in [4.69, 9.17) is 5.26 Å². The van der Waals surface area contributed by atoms with Crippen molar-refractivity contribution in [1.29, 1.82) is 5.26 Å². The van der Waals surface area contributed by atoms with Crippen LogP contribution in [0.15, 0.2) is 17.0 Å². The molecule has 1 aromatic rings. The summed E-state index contributed by atoms with van der Waals surface area (Å²) in [5.74, 6) is 0. The molecule has 14 heavy (non-hydrogen) atoms. The van der Waals surface area contributed by atoms with E-state index in [0.717, 1.165) is 6.07 Å². The van der Waals surface area contributed by atoms with E-state index in [1.165, 1.54) is 12.1 Å². The number of halogens is 4. The highest BCUT2D eigenvalue weighted by Crippen LogP contribution is 2.36. The van der Waals surface area contributed by atoms with Crippen LogP contribution in [0.5, 0.6) is 0 Å². The predicted molar refractivity (Wildman–Crippen MR) is 56.1 cm³/mol. The van der Waals surface area contributed by atoms with Gasteiger partial charge in [0.1, 0.15) is 0 Å². The number of nitrogens with zero attached hydrogens (tertiary/aromatic N) is 1. The highest BCUT2D eigenvalue weighted by Gasteiger charge is 2.36. The van der Waals surface area contributed by atoms with Crippen LogP contribution in [0.25, 0.3) is 0 Å². The SMILES string of the molecule is N#Cc1cc(S)cc(I)c1C(F)(F)F. The number of nitriles is 1. The number of thiol groups is 1. The molecule has 0 N–H and O–H groups in total. The lowest BCUT2D eigenvalue weighted by atomic mass is 10.1. The first kappa shape index (κ1) is 11.7. The lowest BCUT2D eigenvalue weighted by molar-refractivity contribution is -0.138. The third-order valence-electron chi connectivity index (χ3n) is 1.48. The summed E-state index contributed by atoms with van der Waals surface area (Å²) in [7, 11) is 0. The molecule has 0 atom stereocenters. The molecule has 0 aliphatic heterocycles. The molecule has 6 heteroatoms. The Morgan fingerprint density at radius 3 is 2.36 bits per heavy atom. The van der Waals surface area contributed by atoms with Gasteiger partial charge in [0.2, 0.25) is 0 Å². The summed E-state index contributed by atoms with van der Waals surface area (Å²) in [5, 5.41) is 8.54. The van der Waals surface area contributed by atoms with E-state index in [-0.39, 0.29) is 3.57 Å². The summed E-state index contributed by atoms with van der Waals surface area (Å²) in [6, 6.07) is 3.89. The van der Waals surface area contributed by atoms with Crippen LogP contribution in [-0.4, -0.2) is 0 Å². The van der Waals surface area contributed by atoms with Gasteiger partial charge in [0, 0.05) is 8.47 Å². The van der Waals surface area contributed by atoms with Gasteiger partial charge in [-0.05, 0) is 34.7 Å². The maximum Gasteiger partial charge on any atom is 0.418 e. The summed E-state index contributed by atoms with van der Waals surface area (Å²) < 4.78 is 37.3. The number of hydrogen-bond acceptors (Lipinski definition) is 2. The molecule has 0 aliphatic carbocycles.